The lowest BCUT2D eigenvalue weighted by Crippen LogP contribution is -2.23. The molecule has 0 saturated heterocycles. The molecule has 24 heavy (non-hydrogen) atoms. The van der Waals surface area contributed by atoms with Gasteiger partial charge >= 0.3 is 0 Å². The van der Waals surface area contributed by atoms with Gasteiger partial charge in [-0.3, -0.25) is 4.79 Å². The lowest BCUT2D eigenvalue weighted by molar-refractivity contribution is -0.121. The molecule has 0 N–H and O–H groups in total. The molecule has 0 aliphatic carbocycles. The molecule has 2 rings (SSSR count). The average Bonchev–Trinajstić information content (AvgIpc) is 2.64. The van der Waals surface area contributed by atoms with Crippen molar-refractivity contribution in [2.75, 3.05) is 10.7 Å². The number of Topliss-reactive ketones (excluding diaryl/α,β-unsaturated/α-hetero) is 1. The minimum Gasteiger partial charge on any atom is -0.298 e. The molecule has 0 aromatic heterocycles. The zero-order valence-corrected chi connectivity index (χ0v) is 20.4. The molecule has 0 amide bonds. The van der Waals surface area contributed by atoms with Crippen LogP contribution in [0.4, 0.5) is 0 Å². The summed E-state index contributed by atoms with van der Waals surface area (Å²) in [4.78, 5) is 15.4. The first kappa shape index (κ1) is 21.0. The summed E-state index contributed by atoms with van der Waals surface area (Å²) < 4.78 is 0. The van der Waals surface area contributed by atoms with E-state index < -0.39 is 0 Å². The van der Waals surface area contributed by atoms with E-state index in [4.69, 9.17) is 0 Å². The van der Waals surface area contributed by atoms with Crippen LogP contribution in [0.3, 0.4) is 0 Å². The Labute approximate surface area is 182 Å². The molecule has 2 atom stereocenters. The van der Waals surface area contributed by atoms with Crippen molar-refractivity contribution in [1.82, 2.24) is 0 Å². The summed E-state index contributed by atoms with van der Waals surface area (Å²) in [6.07, 6.45) is 0. The van der Waals surface area contributed by atoms with Gasteiger partial charge in [-0.2, -0.15) is 0 Å². The van der Waals surface area contributed by atoms with E-state index in [1.165, 1.54) is 20.4 Å². The van der Waals surface area contributed by atoms with Crippen LogP contribution in [0.15, 0.2) is 58.3 Å². The molecule has 2 aromatic rings. The summed E-state index contributed by atoms with van der Waals surface area (Å²) in [6.45, 7) is 0. The number of halogens is 4. The second-order valence-corrected chi connectivity index (χ2v) is 9.60. The van der Waals surface area contributed by atoms with Crippen LogP contribution in [0, 0.1) is 0 Å². The first-order chi connectivity index (χ1) is 11.6. The van der Waals surface area contributed by atoms with Gasteiger partial charge in [0.05, 0.1) is 11.8 Å². The first-order valence-electron chi connectivity index (χ1n) is 7.07. The van der Waals surface area contributed by atoms with Gasteiger partial charge in [0, 0.05) is 20.5 Å². The predicted octanol–water partition coefficient (Wildman–Crippen LogP) is 7.72. The van der Waals surface area contributed by atoms with Gasteiger partial charge in [-0.05, 0) is 85.4 Å². The van der Waals surface area contributed by atoms with Crippen LogP contribution >= 0.6 is 81.9 Å². The van der Waals surface area contributed by atoms with Crippen LogP contribution < -0.4 is 0 Å². The lowest BCUT2D eigenvalue weighted by atomic mass is 9.86. The molecule has 1 nitrogen and oxygen atoms in total. The third kappa shape index (κ3) is 5.36. The van der Waals surface area contributed by atoms with E-state index in [1.54, 1.807) is 0 Å². The molecule has 2 aromatic carbocycles. The third-order valence-corrected chi connectivity index (χ3v) is 8.18. The van der Waals surface area contributed by atoms with Gasteiger partial charge in [-0.1, -0.05) is 56.1 Å². The maximum absolute atomic E-state index is 13.1. The summed E-state index contributed by atoms with van der Waals surface area (Å²) in [7, 11) is 3.04. The lowest BCUT2D eigenvalue weighted by Gasteiger charge is -2.21. The van der Waals surface area contributed by atoms with Crippen molar-refractivity contribution in [2.45, 2.75) is 21.6 Å². The number of alkyl halides is 2. The predicted molar refractivity (Wildman–Crippen MR) is 121 cm³/mol. The first-order valence-corrected chi connectivity index (χ1v) is 14.6. The highest BCUT2D eigenvalue weighted by molar-refractivity contribution is 9.50. The monoisotopic (exact) mass is 614 g/mol. The molecule has 0 fully saturated rings. The number of carbonyl (C=O) groups is 1. The Kier molecular flexibility index (Phi) is 9.44. The van der Waals surface area contributed by atoms with Gasteiger partial charge in [0.15, 0.2) is 0 Å². The van der Waals surface area contributed by atoms with Crippen LogP contribution in [0.2, 0.25) is 0 Å². The fourth-order valence-electron chi connectivity index (χ4n) is 2.40. The van der Waals surface area contributed by atoms with Gasteiger partial charge in [0.2, 0.25) is 0 Å². The highest BCUT2D eigenvalue weighted by Gasteiger charge is 2.28. The Hall–Kier alpha value is 0.730. The normalized spacial score (nSPS) is 13.5. The fourth-order valence-corrected chi connectivity index (χ4v) is 5.56. The Bertz CT molecular complexity index is 604. The second-order valence-electron chi connectivity index (χ2n) is 5.11. The summed E-state index contributed by atoms with van der Waals surface area (Å²) in [5.74, 6) is -0.0958. The zero-order valence-electron chi connectivity index (χ0n) is 12.4. The van der Waals surface area contributed by atoms with E-state index in [0.29, 0.717) is 10.7 Å². The van der Waals surface area contributed by atoms with Crippen molar-refractivity contribution in [2.24, 2.45) is 0 Å². The molecule has 0 aliphatic heterocycles. The number of rotatable bonds is 8. The quantitative estimate of drug-likeness (QED) is 0.283. The van der Waals surface area contributed by atoms with E-state index >= 15 is 0 Å². The molecule has 7 heteroatoms. The van der Waals surface area contributed by atoms with E-state index in [0.717, 1.165) is 20.9 Å². The Morgan fingerprint density at radius 2 is 1.08 bits per heavy atom. The van der Waals surface area contributed by atoms with Gasteiger partial charge in [0.1, 0.15) is 5.78 Å². The number of carbonyl (C=O) groups excluding carboxylic acids is 1. The smallest absolute Gasteiger partial charge is 0.149 e. The van der Waals surface area contributed by atoms with Crippen molar-refractivity contribution in [1.29, 1.82) is 0 Å². The summed E-state index contributed by atoms with van der Waals surface area (Å²) in [5.41, 5.74) is 2.08. The minimum atomic E-state index is -0.160. The van der Waals surface area contributed by atoms with Crippen LogP contribution in [0.5, 0.6) is 0 Å². The standard InChI is InChI=1S/C17H14Br4OS2/c18-9-15(11-1-5-13(23-20)6-2-11)17(22)16(10-19)12-3-7-14(24-21)8-4-12/h1-8,15-16H,9-10H2. The maximum Gasteiger partial charge on any atom is 0.149 e. The summed E-state index contributed by atoms with van der Waals surface area (Å²) in [6, 6.07) is 16.2. The van der Waals surface area contributed by atoms with Gasteiger partial charge in [-0.15, -0.1) is 0 Å². The zero-order chi connectivity index (χ0) is 17.5. The average molecular weight is 618 g/mol. The van der Waals surface area contributed by atoms with Crippen LogP contribution in [0.1, 0.15) is 23.0 Å². The maximum atomic E-state index is 13.1. The van der Waals surface area contributed by atoms with Crippen LogP contribution in [-0.4, -0.2) is 16.4 Å². The van der Waals surface area contributed by atoms with E-state index in [-0.39, 0.29) is 17.6 Å². The molecule has 2 unspecified atom stereocenters. The van der Waals surface area contributed by atoms with Gasteiger partial charge < -0.3 is 0 Å². The minimum absolute atomic E-state index is 0.160. The van der Waals surface area contributed by atoms with Crippen LogP contribution in [0.25, 0.3) is 0 Å². The summed E-state index contributed by atoms with van der Waals surface area (Å²) >= 11 is 13.8. The van der Waals surface area contributed by atoms with E-state index in [2.05, 4.69) is 61.5 Å². The van der Waals surface area contributed by atoms with Gasteiger partial charge in [0.25, 0.3) is 0 Å². The second kappa shape index (κ2) is 10.8. The number of hydrogen-bond acceptors (Lipinski definition) is 3. The highest BCUT2D eigenvalue weighted by Crippen LogP contribution is 2.33. The Balaban J connectivity index is 2.25. The van der Waals surface area contributed by atoms with E-state index in [1.807, 2.05) is 48.5 Å². The molecule has 0 bridgehead atoms. The van der Waals surface area contributed by atoms with Crippen molar-refractivity contribution >= 4 is 87.7 Å². The Morgan fingerprint density at radius 3 is 1.33 bits per heavy atom. The SMILES string of the molecule is O=C(C(CBr)c1ccc(SBr)cc1)C(CBr)c1ccc(SBr)cc1. The molecular formula is C17H14Br4OS2. The fraction of sp³-hybridized carbons (Fsp3) is 0.235. The number of ketones is 1. The number of hydrogen-bond donors (Lipinski definition) is 0. The highest BCUT2D eigenvalue weighted by atomic mass is 79.9. The molecule has 0 heterocycles. The summed E-state index contributed by atoms with van der Waals surface area (Å²) in [5, 5.41) is 1.23. The van der Waals surface area contributed by atoms with E-state index in [9.17, 15) is 4.79 Å². The van der Waals surface area contributed by atoms with Crippen molar-refractivity contribution in [3.8, 4) is 0 Å². The van der Waals surface area contributed by atoms with Crippen molar-refractivity contribution < 1.29 is 4.79 Å². The van der Waals surface area contributed by atoms with Gasteiger partial charge in [-0.25, -0.2) is 0 Å². The molecule has 128 valence electrons. The molecular weight excluding hydrogens is 604 g/mol. The van der Waals surface area contributed by atoms with Crippen molar-refractivity contribution in [3.63, 3.8) is 0 Å². The van der Waals surface area contributed by atoms with Crippen LogP contribution in [-0.2, 0) is 4.79 Å². The number of benzene rings is 2. The third-order valence-electron chi connectivity index (χ3n) is 3.74. The topological polar surface area (TPSA) is 17.1 Å². The molecule has 0 spiro atoms. The van der Waals surface area contributed by atoms with Crippen molar-refractivity contribution in [3.05, 3.63) is 59.7 Å². The Morgan fingerprint density at radius 1 is 0.750 bits per heavy atom. The molecule has 0 aliphatic rings. The molecule has 0 saturated carbocycles. The largest absolute Gasteiger partial charge is 0.298 e. The molecule has 0 radical (unpaired) electrons.